The first-order valence-electron chi connectivity index (χ1n) is 9.34. The molecular formula is C18H26Cl2N6O. The molecule has 2 N–H and O–H groups in total. The number of fused-ring (bicyclic) bond motifs is 2. The van der Waals surface area contributed by atoms with E-state index in [1.807, 2.05) is 0 Å². The number of nitrogens with one attached hydrogen (secondary N) is 2. The Morgan fingerprint density at radius 2 is 2.07 bits per heavy atom. The molecule has 27 heavy (non-hydrogen) atoms. The van der Waals surface area contributed by atoms with Crippen molar-refractivity contribution in [2.24, 2.45) is 5.92 Å². The second-order valence-electron chi connectivity index (χ2n) is 7.57. The van der Waals surface area contributed by atoms with Crippen LogP contribution in [0.5, 0.6) is 0 Å². The Bertz CT molecular complexity index is 837. The highest BCUT2D eigenvalue weighted by Gasteiger charge is 2.26. The number of hydrogen-bond donors (Lipinski definition) is 2. The summed E-state index contributed by atoms with van der Waals surface area (Å²) < 4.78 is 2.11. The van der Waals surface area contributed by atoms with Crippen molar-refractivity contribution in [3.05, 3.63) is 44.9 Å². The van der Waals surface area contributed by atoms with Gasteiger partial charge in [0.2, 0.25) is 0 Å². The first kappa shape index (κ1) is 20.3. The number of halogens is 2. The van der Waals surface area contributed by atoms with E-state index in [2.05, 4.69) is 25.9 Å². The summed E-state index contributed by atoms with van der Waals surface area (Å²) in [6.07, 6.45) is 4.24. The number of H-pyrrole nitrogens is 1. The second-order valence-corrected chi connectivity index (χ2v) is 7.57. The van der Waals surface area contributed by atoms with E-state index in [0.717, 1.165) is 80.8 Å². The monoisotopic (exact) mass is 412 g/mol. The topological polar surface area (TPSA) is 78.8 Å². The van der Waals surface area contributed by atoms with Crippen LogP contribution in [0.2, 0.25) is 0 Å². The molecule has 0 bridgehead atoms. The number of nitrogens with zero attached hydrogens (tertiary/aromatic N) is 4. The Hall–Kier alpha value is -1.41. The molecule has 0 radical (unpaired) electrons. The highest BCUT2D eigenvalue weighted by molar-refractivity contribution is 5.85. The summed E-state index contributed by atoms with van der Waals surface area (Å²) in [4.78, 5) is 22.5. The van der Waals surface area contributed by atoms with Crippen LogP contribution in [0.4, 0.5) is 0 Å². The zero-order chi connectivity index (χ0) is 16.8. The summed E-state index contributed by atoms with van der Waals surface area (Å²) in [5, 5.41) is 8.11. The van der Waals surface area contributed by atoms with Crippen LogP contribution >= 0.6 is 24.8 Å². The summed E-state index contributed by atoms with van der Waals surface area (Å²) in [7, 11) is 0. The van der Waals surface area contributed by atoms with Crippen molar-refractivity contribution in [3.63, 3.8) is 0 Å². The van der Waals surface area contributed by atoms with Crippen molar-refractivity contribution in [1.29, 1.82) is 0 Å². The molecule has 4 heterocycles. The Labute approximate surface area is 170 Å². The molecule has 0 spiro atoms. The molecule has 5 rings (SSSR count). The van der Waals surface area contributed by atoms with Gasteiger partial charge in [-0.3, -0.25) is 14.4 Å². The van der Waals surface area contributed by atoms with E-state index in [0.29, 0.717) is 0 Å². The molecule has 1 fully saturated rings. The van der Waals surface area contributed by atoms with Gasteiger partial charge in [-0.25, -0.2) is 4.98 Å². The van der Waals surface area contributed by atoms with Crippen molar-refractivity contribution in [2.45, 2.75) is 51.9 Å². The first-order valence-corrected chi connectivity index (χ1v) is 9.34. The third-order valence-corrected chi connectivity index (χ3v) is 5.49. The van der Waals surface area contributed by atoms with E-state index in [9.17, 15) is 4.79 Å². The summed E-state index contributed by atoms with van der Waals surface area (Å²) in [6, 6.07) is 2.20. The van der Waals surface area contributed by atoms with Gasteiger partial charge in [0.1, 0.15) is 5.82 Å². The van der Waals surface area contributed by atoms with Crippen LogP contribution in [0.25, 0.3) is 0 Å². The molecule has 2 aliphatic heterocycles. The fraction of sp³-hybridized carbons (Fsp3) is 0.611. The van der Waals surface area contributed by atoms with Crippen LogP contribution in [0, 0.1) is 5.92 Å². The maximum absolute atomic E-state index is 12.3. The molecule has 0 amide bonds. The average Bonchev–Trinajstić information content (AvgIpc) is 3.31. The van der Waals surface area contributed by atoms with Crippen molar-refractivity contribution in [1.82, 2.24) is 30.0 Å². The second kappa shape index (κ2) is 8.31. The van der Waals surface area contributed by atoms with Gasteiger partial charge in [-0.2, -0.15) is 5.10 Å². The lowest BCUT2D eigenvalue weighted by atomic mass is 10.1. The molecule has 0 unspecified atom stereocenters. The van der Waals surface area contributed by atoms with E-state index in [1.54, 1.807) is 0 Å². The molecule has 0 atom stereocenters. The minimum absolute atomic E-state index is 0. The van der Waals surface area contributed by atoms with E-state index in [4.69, 9.17) is 10.1 Å². The van der Waals surface area contributed by atoms with E-state index >= 15 is 0 Å². The van der Waals surface area contributed by atoms with Crippen LogP contribution in [0.1, 0.15) is 41.3 Å². The lowest BCUT2D eigenvalue weighted by Crippen LogP contribution is -2.35. The quantitative estimate of drug-likeness (QED) is 0.793. The van der Waals surface area contributed by atoms with Gasteiger partial charge < -0.3 is 10.3 Å². The molecule has 9 heteroatoms. The van der Waals surface area contributed by atoms with Gasteiger partial charge in [-0.15, -0.1) is 24.8 Å². The predicted octanol–water partition coefficient (Wildman–Crippen LogP) is 1.42. The maximum Gasteiger partial charge on any atom is 0.254 e. The van der Waals surface area contributed by atoms with E-state index in [-0.39, 0.29) is 30.4 Å². The smallest absolute Gasteiger partial charge is 0.254 e. The highest BCUT2D eigenvalue weighted by atomic mass is 35.5. The fourth-order valence-electron chi connectivity index (χ4n) is 3.93. The van der Waals surface area contributed by atoms with Gasteiger partial charge in [0.05, 0.1) is 23.6 Å². The van der Waals surface area contributed by atoms with Crippen molar-refractivity contribution in [2.75, 3.05) is 13.1 Å². The number of hydrogen-bond acceptors (Lipinski definition) is 5. The lowest BCUT2D eigenvalue weighted by Gasteiger charge is -2.27. The van der Waals surface area contributed by atoms with Crippen molar-refractivity contribution in [3.8, 4) is 0 Å². The van der Waals surface area contributed by atoms with Gasteiger partial charge >= 0.3 is 0 Å². The maximum atomic E-state index is 12.3. The normalized spacial score (nSPS) is 18.8. The van der Waals surface area contributed by atoms with Gasteiger partial charge in [-0.1, -0.05) is 0 Å². The SMILES string of the molecule is Cl.Cl.O=c1[nH]c(CC2CC2)nc2c1CCN(Cc1cc3n(n1)CCNC3)C2. The molecule has 1 saturated carbocycles. The van der Waals surface area contributed by atoms with Gasteiger partial charge in [0.15, 0.2) is 0 Å². The van der Waals surface area contributed by atoms with E-state index < -0.39 is 0 Å². The summed E-state index contributed by atoms with van der Waals surface area (Å²) in [5.41, 5.74) is 4.30. The fourth-order valence-corrected chi connectivity index (χ4v) is 3.93. The van der Waals surface area contributed by atoms with Crippen LogP contribution in [-0.4, -0.2) is 37.7 Å². The standard InChI is InChI=1S/C18H24N6O.2ClH/c25-18-15-3-5-23(10-13-8-14-9-19-4-6-24(14)22-13)11-16(15)20-17(21-18)7-12-1-2-12;;/h8,12,19H,1-7,9-11H2,(H,20,21,25);2*1H. The summed E-state index contributed by atoms with van der Waals surface area (Å²) in [6.45, 7) is 5.29. The van der Waals surface area contributed by atoms with Crippen LogP contribution < -0.4 is 10.9 Å². The van der Waals surface area contributed by atoms with E-state index in [1.165, 1.54) is 18.5 Å². The Balaban J connectivity index is 0.00000105. The predicted molar refractivity (Wildman–Crippen MR) is 108 cm³/mol. The third-order valence-electron chi connectivity index (χ3n) is 5.49. The summed E-state index contributed by atoms with van der Waals surface area (Å²) in [5.74, 6) is 1.60. The molecular weight excluding hydrogens is 387 g/mol. The first-order chi connectivity index (χ1) is 12.2. The molecule has 7 nitrogen and oxygen atoms in total. The average molecular weight is 413 g/mol. The van der Waals surface area contributed by atoms with Crippen molar-refractivity contribution < 1.29 is 0 Å². The van der Waals surface area contributed by atoms with Crippen LogP contribution in [0.15, 0.2) is 10.9 Å². The number of aromatic nitrogens is 4. The molecule has 3 aliphatic rings. The molecule has 1 aliphatic carbocycles. The van der Waals surface area contributed by atoms with Crippen LogP contribution in [-0.2, 0) is 39.0 Å². The number of aromatic amines is 1. The minimum Gasteiger partial charge on any atom is -0.310 e. The van der Waals surface area contributed by atoms with Crippen molar-refractivity contribution >= 4 is 24.8 Å². The largest absolute Gasteiger partial charge is 0.310 e. The Morgan fingerprint density at radius 3 is 2.85 bits per heavy atom. The molecule has 0 aromatic carbocycles. The number of rotatable bonds is 4. The molecule has 2 aromatic heterocycles. The Morgan fingerprint density at radius 1 is 1.22 bits per heavy atom. The zero-order valence-corrected chi connectivity index (χ0v) is 16.9. The Kier molecular flexibility index (Phi) is 6.25. The van der Waals surface area contributed by atoms with Gasteiger partial charge in [0, 0.05) is 44.7 Å². The highest BCUT2D eigenvalue weighted by Crippen LogP contribution is 2.31. The molecule has 148 valence electrons. The molecule has 0 saturated heterocycles. The molecule has 2 aromatic rings. The van der Waals surface area contributed by atoms with Gasteiger partial charge in [0.25, 0.3) is 5.56 Å². The zero-order valence-electron chi connectivity index (χ0n) is 15.2. The van der Waals surface area contributed by atoms with Gasteiger partial charge in [-0.05, 0) is 31.2 Å². The van der Waals surface area contributed by atoms with Crippen LogP contribution in [0.3, 0.4) is 0 Å². The third kappa shape index (κ3) is 4.37. The minimum atomic E-state index is 0. The summed E-state index contributed by atoms with van der Waals surface area (Å²) >= 11 is 0. The lowest BCUT2D eigenvalue weighted by molar-refractivity contribution is 0.236.